The lowest BCUT2D eigenvalue weighted by molar-refractivity contribution is 0.318. The van der Waals surface area contributed by atoms with Crippen molar-refractivity contribution in [1.82, 2.24) is 30.5 Å². The van der Waals surface area contributed by atoms with Crippen LogP contribution < -0.4 is 16.0 Å². The number of piperidine rings is 1. The van der Waals surface area contributed by atoms with Gasteiger partial charge in [0.15, 0.2) is 0 Å². The van der Waals surface area contributed by atoms with Gasteiger partial charge in [-0.3, -0.25) is 5.32 Å². The highest BCUT2D eigenvalue weighted by atomic mass is 35.5. The molecule has 0 spiro atoms. The van der Waals surface area contributed by atoms with Crippen LogP contribution >= 0.6 is 23.7 Å². The van der Waals surface area contributed by atoms with Gasteiger partial charge in [-0.2, -0.15) is 0 Å². The summed E-state index contributed by atoms with van der Waals surface area (Å²) in [7, 11) is 0. The van der Waals surface area contributed by atoms with Gasteiger partial charge in [0.1, 0.15) is 0 Å². The Hall–Kier alpha value is -2.26. The smallest absolute Gasteiger partial charge is 0.224 e. The summed E-state index contributed by atoms with van der Waals surface area (Å²) in [6.07, 6.45) is 6.54. The SMILES string of the molecule is Cc1cnc(NC2CCC(=CN3CCNCC3)CN2)nc1-c1ccc2scnc2c1.Cl. The van der Waals surface area contributed by atoms with Crippen LogP contribution in [0.15, 0.2) is 41.7 Å². The van der Waals surface area contributed by atoms with E-state index in [1.54, 1.807) is 11.3 Å². The number of rotatable bonds is 4. The first kappa shape index (κ1) is 22.0. The molecule has 31 heavy (non-hydrogen) atoms. The van der Waals surface area contributed by atoms with Gasteiger partial charge < -0.3 is 15.5 Å². The van der Waals surface area contributed by atoms with Gasteiger partial charge in [0, 0.05) is 44.5 Å². The number of nitrogens with zero attached hydrogens (tertiary/aromatic N) is 4. The maximum Gasteiger partial charge on any atom is 0.224 e. The predicted molar refractivity (Wildman–Crippen MR) is 130 cm³/mol. The molecule has 5 rings (SSSR count). The Morgan fingerprint density at radius 3 is 2.90 bits per heavy atom. The van der Waals surface area contributed by atoms with Crippen molar-refractivity contribution in [2.24, 2.45) is 0 Å². The zero-order chi connectivity index (χ0) is 20.3. The molecule has 2 fully saturated rings. The average Bonchev–Trinajstić information content (AvgIpc) is 3.25. The molecule has 2 aliphatic rings. The topological polar surface area (TPSA) is 78.0 Å². The van der Waals surface area contributed by atoms with Crippen LogP contribution in [0.2, 0.25) is 0 Å². The van der Waals surface area contributed by atoms with Crippen LogP contribution in [-0.2, 0) is 0 Å². The summed E-state index contributed by atoms with van der Waals surface area (Å²) in [5.41, 5.74) is 7.47. The first-order valence-electron chi connectivity index (χ1n) is 10.6. The molecule has 0 amide bonds. The zero-order valence-electron chi connectivity index (χ0n) is 17.6. The van der Waals surface area contributed by atoms with Crippen LogP contribution in [0, 0.1) is 6.92 Å². The fourth-order valence-electron chi connectivity index (χ4n) is 4.04. The maximum atomic E-state index is 4.82. The number of aromatic nitrogens is 3. The molecule has 3 aromatic rings. The lowest BCUT2D eigenvalue weighted by atomic mass is 10.0. The number of hydrogen-bond acceptors (Lipinski definition) is 8. The summed E-state index contributed by atoms with van der Waals surface area (Å²) in [4.78, 5) is 16.2. The highest BCUT2D eigenvalue weighted by Gasteiger charge is 2.18. The van der Waals surface area contributed by atoms with Crippen molar-refractivity contribution >= 4 is 39.9 Å². The molecule has 9 heteroatoms. The molecule has 3 N–H and O–H groups in total. The normalized spacial score (nSPS) is 20.6. The third kappa shape index (κ3) is 5.15. The second-order valence-electron chi connectivity index (χ2n) is 7.95. The highest BCUT2D eigenvalue weighted by molar-refractivity contribution is 7.16. The molecule has 0 radical (unpaired) electrons. The number of hydrogen-bond donors (Lipinski definition) is 3. The lowest BCUT2D eigenvalue weighted by Crippen LogP contribution is -2.43. The first-order chi connectivity index (χ1) is 14.7. The van der Waals surface area contributed by atoms with E-state index >= 15 is 0 Å². The molecule has 1 aromatic carbocycles. The van der Waals surface area contributed by atoms with Crippen LogP contribution in [0.4, 0.5) is 5.95 Å². The summed E-state index contributed by atoms with van der Waals surface area (Å²) >= 11 is 1.66. The summed E-state index contributed by atoms with van der Waals surface area (Å²) < 4.78 is 1.19. The third-order valence-corrected chi connectivity index (χ3v) is 6.54. The molecule has 2 saturated heterocycles. The highest BCUT2D eigenvalue weighted by Crippen LogP contribution is 2.27. The van der Waals surface area contributed by atoms with E-state index < -0.39 is 0 Å². The van der Waals surface area contributed by atoms with Crippen molar-refractivity contribution in [3.8, 4) is 11.3 Å². The number of aryl methyl sites for hydroxylation is 1. The van der Waals surface area contributed by atoms with E-state index in [1.807, 2.05) is 11.7 Å². The third-order valence-electron chi connectivity index (χ3n) is 5.73. The lowest BCUT2D eigenvalue weighted by Gasteiger charge is -2.30. The van der Waals surface area contributed by atoms with Crippen molar-refractivity contribution in [3.05, 3.63) is 47.2 Å². The molecule has 164 valence electrons. The molecule has 0 bridgehead atoms. The van der Waals surface area contributed by atoms with Gasteiger partial charge >= 0.3 is 0 Å². The Kier molecular flexibility index (Phi) is 7.02. The van der Waals surface area contributed by atoms with E-state index in [2.05, 4.69) is 62.1 Å². The summed E-state index contributed by atoms with van der Waals surface area (Å²) in [5, 5.41) is 10.5. The van der Waals surface area contributed by atoms with E-state index in [-0.39, 0.29) is 18.6 Å². The largest absolute Gasteiger partial charge is 0.375 e. The van der Waals surface area contributed by atoms with Crippen LogP contribution in [0.1, 0.15) is 18.4 Å². The van der Waals surface area contributed by atoms with E-state index in [0.717, 1.165) is 67.9 Å². The second kappa shape index (κ2) is 9.91. The van der Waals surface area contributed by atoms with Crippen LogP contribution in [0.5, 0.6) is 0 Å². The Morgan fingerprint density at radius 1 is 1.23 bits per heavy atom. The number of anilines is 1. The fraction of sp³-hybridized carbons (Fsp3) is 0.409. The van der Waals surface area contributed by atoms with Gasteiger partial charge in [-0.1, -0.05) is 6.07 Å². The number of thiazole rings is 1. The molecule has 0 aliphatic carbocycles. The Balaban J connectivity index is 0.00000231. The summed E-state index contributed by atoms with van der Waals surface area (Å²) in [5.74, 6) is 0.668. The van der Waals surface area contributed by atoms with Gasteiger partial charge in [-0.25, -0.2) is 15.0 Å². The van der Waals surface area contributed by atoms with Crippen molar-refractivity contribution in [2.75, 3.05) is 38.0 Å². The summed E-state index contributed by atoms with van der Waals surface area (Å²) in [6, 6.07) is 6.34. The van der Waals surface area contributed by atoms with E-state index in [1.165, 1.54) is 10.3 Å². The molecule has 1 unspecified atom stereocenters. The monoisotopic (exact) mass is 457 g/mol. The number of piperazine rings is 1. The fourth-order valence-corrected chi connectivity index (χ4v) is 4.70. The Labute approximate surface area is 192 Å². The van der Waals surface area contributed by atoms with Gasteiger partial charge in [-0.15, -0.1) is 23.7 Å². The molecule has 2 aromatic heterocycles. The van der Waals surface area contributed by atoms with Gasteiger partial charge in [0.2, 0.25) is 5.95 Å². The average molecular weight is 458 g/mol. The van der Waals surface area contributed by atoms with Crippen LogP contribution in [0.3, 0.4) is 0 Å². The van der Waals surface area contributed by atoms with E-state index in [9.17, 15) is 0 Å². The maximum absolute atomic E-state index is 4.82. The van der Waals surface area contributed by atoms with Gasteiger partial charge in [0.25, 0.3) is 0 Å². The van der Waals surface area contributed by atoms with Crippen LogP contribution in [0.25, 0.3) is 21.5 Å². The molecule has 1 atom stereocenters. The zero-order valence-corrected chi connectivity index (χ0v) is 19.2. The van der Waals surface area contributed by atoms with E-state index in [0.29, 0.717) is 5.95 Å². The minimum absolute atomic E-state index is 0. The Morgan fingerprint density at radius 2 is 2.10 bits per heavy atom. The second-order valence-corrected chi connectivity index (χ2v) is 8.84. The molecule has 2 aliphatic heterocycles. The Bertz CT molecular complexity index is 1050. The standard InChI is InChI=1S/C22H27N7S.ClH/c1-15-11-25-22(28-21(15)17-3-4-19-18(10-17)26-14-30-19)27-20-5-2-16(12-24-20)13-29-8-6-23-7-9-29;/h3-4,10-11,13-14,20,23-24H,2,5-9,12H2,1H3,(H,25,27,28);1H. The number of fused-ring (bicyclic) bond motifs is 1. The number of benzene rings is 1. The quantitative estimate of drug-likeness (QED) is 0.554. The minimum atomic E-state index is 0. The molecular weight excluding hydrogens is 430 g/mol. The van der Waals surface area contributed by atoms with Gasteiger partial charge in [0.05, 0.1) is 27.6 Å². The predicted octanol–water partition coefficient (Wildman–Crippen LogP) is 3.39. The number of halogens is 1. The molecular formula is C22H28ClN7S. The van der Waals surface area contributed by atoms with Crippen molar-refractivity contribution in [1.29, 1.82) is 0 Å². The molecule has 7 nitrogen and oxygen atoms in total. The van der Waals surface area contributed by atoms with Crippen molar-refractivity contribution < 1.29 is 0 Å². The first-order valence-corrected chi connectivity index (χ1v) is 11.4. The van der Waals surface area contributed by atoms with Crippen molar-refractivity contribution in [3.63, 3.8) is 0 Å². The van der Waals surface area contributed by atoms with Gasteiger partial charge in [-0.05, 0) is 49.2 Å². The van der Waals surface area contributed by atoms with Crippen LogP contribution in [-0.4, -0.2) is 58.7 Å². The summed E-state index contributed by atoms with van der Waals surface area (Å²) in [6.45, 7) is 7.29. The minimum Gasteiger partial charge on any atom is -0.375 e. The molecule has 4 heterocycles. The number of nitrogens with one attached hydrogen (secondary N) is 3. The van der Waals surface area contributed by atoms with E-state index in [4.69, 9.17) is 4.98 Å². The molecule has 0 saturated carbocycles. The van der Waals surface area contributed by atoms with Crippen molar-refractivity contribution in [2.45, 2.75) is 25.9 Å².